The highest BCUT2D eigenvalue weighted by molar-refractivity contribution is 5.96. The minimum Gasteiger partial charge on any atom is -0.497 e. The molecule has 2 aromatic rings. The van der Waals surface area contributed by atoms with Crippen LogP contribution in [0.15, 0.2) is 34.9 Å². The van der Waals surface area contributed by atoms with Gasteiger partial charge in [0.2, 0.25) is 5.91 Å². The molecule has 1 unspecified atom stereocenters. The number of rotatable bonds is 6. The van der Waals surface area contributed by atoms with Crippen molar-refractivity contribution in [3.8, 4) is 17.1 Å². The molecule has 7 nitrogen and oxygen atoms in total. The Morgan fingerprint density at radius 3 is 2.38 bits per heavy atom. The Bertz CT molecular complexity index is 707. The highest BCUT2D eigenvalue weighted by Crippen LogP contribution is 2.23. The van der Waals surface area contributed by atoms with Crippen molar-refractivity contribution >= 4 is 11.8 Å². The van der Waals surface area contributed by atoms with E-state index in [-0.39, 0.29) is 17.6 Å². The van der Waals surface area contributed by atoms with Crippen molar-refractivity contribution in [2.24, 2.45) is 0 Å². The number of carbonyl (C=O) groups excluding carboxylic acids is 2. The summed E-state index contributed by atoms with van der Waals surface area (Å²) < 4.78 is 10.3. The van der Waals surface area contributed by atoms with E-state index < -0.39 is 11.9 Å². The van der Waals surface area contributed by atoms with Crippen LogP contribution in [0.2, 0.25) is 0 Å². The molecule has 1 aromatic heterocycles. The Kier molecular flexibility index (Phi) is 5.57. The van der Waals surface area contributed by atoms with E-state index in [0.717, 1.165) is 11.3 Å². The number of amides is 2. The van der Waals surface area contributed by atoms with Crippen LogP contribution < -0.4 is 15.4 Å². The summed E-state index contributed by atoms with van der Waals surface area (Å²) in [5, 5.41) is 9.08. The number of nitrogens with one attached hydrogen (secondary N) is 2. The molecule has 1 aromatic carbocycles. The summed E-state index contributed by atoms with van der Waals surface area (Å²) in [6, 6.07) is 8.06. The van der Waals surface area contributed by atoms with Gasteiger partial charge in [-0.25, -0.2) is 0 Å². The highest BCUT2D eigenvalue weighted by Gasteiger charge is 2.20. The Morgan fingerprint density at radius 2 is 1.79 bits per heavy atom. The number of nitrogens with zero attached hydrogens (tertiary/aromatic N) is 1. The normalized spacial score (nSPS) is 11.9. The third kappa shape index (κ3) is 4.34. The maximum absolute atomic E-state index is 12.2. The van der Waals surface area contributed by atoms with Crippen LogP contribution in [-0.2, 0) is 4.79 Å². The fourth-order valence-corrected chi connectivity index (χ4v) is 2.02. The van der Waals surface area contributed by atoms with Crippen LogP contribution in [0, 0.1) is 0 Å². The molecule has 0 spiro atoms. The van der Waals surface area contributed by atoms with Crippen LogP contribution in [0.25, 0.3) is 11.3 Å². The summed E-state index contributed by atoms with van der Waals surface area (Å²) in [6.45, 7) is 5.32. The Morgan fingerprint density at radius 1 is 1.12 bits per heavy atom. The zero-order valence-corrected chi connectivity index (χ0v) is 14.1. The third-order valence-corrected chi connectivity index (χ3v) is 3.29. The van der Waals surface area contributed by atoms with Crippen LogP contribution in [-0.4, -0.2) is 36.2 Å². The van der Waals surface area contributed by atoms with Crippen molar-refractivity contribution in [2.75, 3.05) is 7.11 Å². The van der Waals surface area contributed by atoms with Crippen LogP contribution in [0.4, 0.5) is 0 Å². The van der Waals surface area contributed by atoms with Gasteiger partial charge in [-0.3, -0.25) is 9.59 Å². The number of hydrogen-bond donors (Lipinski definition) is 2. The molecular weight excluding hydrogens is 310 g/mol. The lowest BCUT2D eigenvalue weighted by molar-refractivity contribution is -0.123. The molecule has 128 valence electrons. The van der Waals surface area contributed by atoms with E-state index in [1.807, 2.05) is 13.8 Å². The third-order valence-electron chi connectivity index (χ3n) is 3.29. The number of hydrogen-bond acceptors (Lipinski definition) is 5. The van der Waals surface area contributed by atoms with E-state index in [2.05, 4.69) is 15.8 Å². The number of aromatic nitrogens is 1. The largest absolute Gasteiger partial charge is 0.497 e. The smallest absolute Gasteiger partial charge is 0.274 e. The Labute approximate surface area is 140 Å². The second-order valence-electron chi connectivity index (χ2n) is 5.66. The lowest BCUT2D eigenvalue weighted by Crippen LogP contribution is -2.46. The molecule has 7 heteroatoms. The van der Waals surface area contributed by atoms with Crippen molar-refractivity contribution in [1.82, 2.24) is 15.8 Å². The molecule has 0 aliphatic carbocycles. The topological polar surface area (TPSA) is 93.5 Å². The zero-order chi connectivity index (χ0) is 17.7. The fraction of sp³-hybridized carbons (Fsp3) is 0.353. The minimum atomic E-state index is -0.666. The molecule has 1 heterocycles. The molecule has 2 amide bonds. The monoisotopic (exact) mass is 331 g/mol. The van der Waals surface area contributed by atoms with E-state index in [9.17, 15) is 9.59 Å². The van der Waals surface area contributed by atoms with Crippen molar-refractivity contribution in [2.45, 2.75) is 32.9 Å². The quantitative estimate of drug-likeness (QED) is 0.844. The molecule has 0 saturated heterocycles. The van der Waals surface area contributed by atoms with Gasteiger partial charge in [-0.05, 0) is 45.0 Å². The summed E-state index contributed by atoms with van der Waals surface area (Å²) >= 11 is 0. The van der Waals surface area contributed by atoms with Gasteiger partial charge in [0.15, 0.2) is 11.5 Å². The summed E-state index contributed by atoms with van der Waals surface area (Å²) in [5.74, 6) is 0.463. The van der Waals surface area contributed by atoms with E-state index in [1.165, 1.54) is 6.07 Å². The molecule has 0 saturated carbocycles. The van der Waals surface area contributed by atoms with Crippen molar-refractivity contribution < 1.29 is 18.8 Å². The second kappa shape index (κ2) is 7.63. The number of carbonyl (C=O) groups is 2. The first-order valence-electron chi connectivity index (χ1n) is 7.63. The van der Waals surface area contributed by atoms with Gasteiger partial charge in [0.25, 0.3) is 5.91 Å². The van der Waals surface area contributed by atoms with Gasteiger partial charge in [-0.15, -0.1) is 0 Å². The fourth-order valence-electron chi connectivity index (χ4n) is 2.02. The first-order chi connectivity index (χ1) is 11.4. The van der Waals surface area contributed by atoms with Crippen LogP contribution >= 0.6 is 0 Å². The summed E-state index contributed by atoms with van der Waals surface area (Å²) in [7, 11) is 1.59. The van der Waals surface area contributed by atoms with Crippen LogP contribution in [0.3, 0.4) is 0 Å². The lowest BCUT2D eigenvalue weighted by Gasteiger charge is -2.15. The predicted molar refractivity (Wildman–Crippen MR) is 88.7 cm³/mol. The van der Waals surface area contributed by atoms with Crippen molar-refractivity contribution in [3.63, 3.8) is 0 Å². The molecule has 0 fully saturated rings. The maximum Gasteiger partial charge on any atom is 0.274 e. The average molecular weight is 331 g/mol. The average Bonchev–Trinajstić information content (AvgIpc) is 3.04. The van der Waals surface area contributed by atoms with Crippen molar-refractivity contribution in [3.05, 3.63) is 36.0 Å². The molecule has 0 aliphatic heterocycles. The standard InChI is InChI=1S/C17H21N3O4/c1-10(2)18-16(21)11(3)19-17(22)14-9-15(24-20-14)12-5-7-13(23-4)8-6-12/h5-11H,1-4H3,(H,18,21)(H,19,22). The first kappa shape index (κ1) is 17.5. The van der Waals surface area contributed by atoms with Gasteiger partial charge < -0.3 is 19.9 Å². The molecule has 2 rings (SSSR count). The van der Waals surface area contributed by atoms with Crippen LogP contribution in [0.5, 0.6) is 5.75 Å². The molecule has 1 atom stereocenters. The van der Waals surface area contributed by atoms with Gasteiger partial charge >= 0.3 is 0 Å². The summed E-state index contributed by atoms with van der Waals surface area (Å²) in [4.78, 5) is 24.0. The molecule has 24 heavy (non-hydrogen) atoms. The number of benzene rings is 1. The molecular formula is C17H21N3O4. The van der Waals surface area contributed by atoms with E-state index in [1.54, 1.807) is 38.3 Å². The van der Waals surface area contributed by atoms with Crippen molar-refractivity contribution in [1.29, 1.82) is 0 Å². The summed E-state index contributed by atoms with van der Waals surface area (Å²) in [6.07, 6.45) is 0. The molecule has 2 N–H and O–H groups in total. The van der Waals surface area contributed by atoms with Gasteiger partial charge in [0.05, 0.1) is 7.11 Å². The Hall–Kier alpha value is -2.83. The van der Waals surface area contributed by atoms with E-state index in [4.69, 9.17) is 9.26 Å². The highest BCUT2D eigenvalue weighted by atomic mass is 16.5. The van der Waals surface area contributed by atoms with Crippen LogP contribution in [0.1, 0.15) is 31.3 Å². The first-order valence-corrected chi connectivity index (χ1v) is 7.63. The Balaban J connectivity index is 2.03. The predicted octanol–water partition coefficient (Wildman–Crippen LogP) is 1.99. The number of ether oxygens (including phenoxy) is 1. The van der Waals surface area contributed by atoms with Gasteiger partial charge in [-0.1, -0.05) is 5.16 Å². The molecule has 0 bridgehead atoms. The maximum atomic E-state index is 12.2. The van der Waals surface area contributed by atoms with E-state index >= 15 is 0 Å². The number of methoxy groups -OCH3 is 1. The second-order valence-corrected chi connectivity index (χ2v) is 5.66. The van der Waals surface area contributed by atoms with Gasteiger partial charge in [-0.2, -0.15) is 0 Å². The minimum absolute atomic E-state index is 0.00516. The molecule has 0 aliphatic rings. The molecule has 0 radical (unpaired) electrons. The van der Waals surface area contributed by atoms with Gasteiger partial charge in [0, 0.05) is 17.7 Å². The SMILES string of the molecule is COc1ccc(-c2cc(C(=O)NC(C)C(=O)NC(C)C)no2)cc1. The zero-order valence-electron chi connectivity index (χ0n) is 14.1. The van der Waals surface area contributed by atoms with Gasteiger partial charge in [0.1, 0.15) is 11.8 Å². The van der Waals surface area contributed by atoms with E-state index in [0.29, 0.717) is 5.76 Å². The summed E-state index contributed by atoms with van der Waals surface area (Å²) in [5.41, 5.74) is 0.887. The lowest BCUT2D eigenvalue weighted by atomic mass is 10.1.